The number of aromatic nitrogens is 1. The highest BCUT2D eigenvalue weighted by molar-refractivity contribution is 7.80. The molecule has 1 aromatic heterocycles. The molecule has 0 saturated carbocycles. The molecule has 0 atom stereocenters. The number of halogens is 2. The number of fused-ring (bicyclic) bond motifs is 2. The van der Waals surface area contributed by atoms with E-state index in [0.717, 1.165) is 10.8 Å². The molecule has 2 N–H and O–H groups in total. The fourth-order valence-corrected chi connectivity index (χ4v) is 4.01. The van der Waals surface area contributed by atoms with E-state index in [1.54, 1.807) is 60.7 Å². The molecule has 5 aromatic rings. The topological polar surface area (TPSA) is 67.2 Å². The summed E-state index contributed by atoms with van der Waals surface area (Å²) in [6, 6.07) is 22.1. The summed E-state index contributed by atoms with van der Waals surface area (Å²) in [7, 11) is 0. The fourth-order valence-electron chi connectivity index (χ4n) is 3.56. The lowest BCUT2D eigenvalue weighted by Gasteiger charge is -2.11. The summed E-state index contributed by atoms with van der Waals surface area (Å²) in [4.78, 5) is 17.2. The van der Waals surface area contributed by atoms with Crippen LogP contribution in [0.15, 0.2) is 83.3 Å². The molecule has 1 amide bonds. The molecule has 5 rings (SSSR count). The Balaban J connectivity index is 1.35. The zero-order valence-corrected chi connectivity index (χ0v) is 18.5. The molecule has 0 aliphatic carbocycles. The van der Waals surface area contributed by atoms with Gasteiger partial charge in [-0.05, 0) is 60.1 Å². The molecule has 4 aromatic carbocycles. The Kier molecular flexibility index (Phi) is 5.50. The zero-order chi connectivity index (χ0) is 22.9. The number of nitrogens with one attached hydrogen (secondary N) is 2. The van der Waals surface area contributed by atoms with Crippen LogP contribution in [-0.4, -0.2) is 16.0 Å². The number of anilines is 1. The van der Waals surface area contributed by atoms with Crippen LogP contribution in [0.4, 0.5) is 10.1 Å². The Labute approximate surface area is 198 Å². The Morgan fingerprint density at radius 3 is 2.61 bits per heavy atom. The van der Waals surface area contributed by atoms with Gasteiger partial charge in [0.25, 0.3) is 5.91 Å². The molecule has 0 unspecified atom stereocenters. The molecule has 0 radical (unpaired) electrons. The van der Waals surface area contributed by atoms with Crippen molar-refractivity contribution in [1.82, 2.24) is 10.3 Å². The molecular formula is C25H15ClFN3O2S. The Morgan fingerprint density at radius 1 is 0.970 bits per heavy atom. The van der Waals surface area contributed by atoms with E-state index >= 15 is 0 Å². The first-order valence-electron chi connectivity index (χ1n) is 9.95. The van der Waals surface area contributed by atoms with Crippen LogP contribution in [0.3, 0.4) is 0 Å². The maximum atomic E-state index is 14.1. The Bertz CT molecular complexity index is 1550. The van der Waals surface area contributed by atoms with E-state index in [1.807, 2.05) is 12.1 Å². The standard InChI is InChI=1S/C25H15ClFN3O2S/c26-19-9-4-6-15-16(19)7-3-8-17(15)23(31)30-25(33)28-14-11-12-22-21(13-14)29-24(32-22)18-5-1-2-10-20(18)27/h1-13H,(H2,28,30,31,33). The molecule has 0 aliphatic heterocycles. The molecule has 0 aliphatic rings. The number of nitrogens with zero attached hydrogens (tertiary/aromatic N) is 1. The minimum absolute atomic E-state index is 0.121. The van der Waals surface area contributed by atoms with E-state index in [9.17, 15) is 9.18 Å². The van der Waals surface area contributed by atoms with Crippen LogP contribution in [0, 0.1) is 5.82 Å². The van der Waals surface area contributed by atoms with Gasteiger partial charge in [-0.25, -0.2) is 9.37 Å². The SMILES string of the molecule is O=C(NC(=S)Nc1ccc2oc(-c3ccccc3F)nc2c1)c1cccc2c(Cl)cccc12. The lowest BCUT2D eigenvalue weighted by Crippen LogP contribution is -2.34. The van der Waals surface area contributed by atoms with Gasteiger partial charge in [-0.1, -0.05) is 48.0 Å². The smallest absolute Gasteiger partial charge is 0.258 e. The van der Waals surface area contributed by atoms with Crippen LogP contribution in [0.5, 0.6) is 0 Å². The monoisotopic (exact) mass is 475 g/mol. The normalized spacial score (nSPS) is 11.0. The fraction of sp³-hybridized carbons (Fsp3) is 0. The number of rotatable bonds is 3. The van der Waals surface area contributed by atoms with E-state index in [2.05, 4.69) is 15.6 Å². The molecule has 1 heterocycles. The average molecular weight is 476 g/mol. The lowest BCUT2D eigenvalue weighted by molar-refractivity contribution is 0.0979. The van der Waals surface area contributed by atoms with Gasteiger partial charge in [-0.15, -0.1) is 0 Å². The number of carbonyl (C=O) groups excluding carboxylic acids is 1. The van der Waals surface area contributed by atoms with Crippen molar-refractivity contribution in [2.24, 2.45) is 0 Å². The number of amides is 1. The Morgan fingerprint density at radius 2 is 1.76 bits per heavy atom. The number of hydrogen-bond acceptors (Lipinski definition) is 4. The van der Waals surface area contributed by atoms with Crippen molar-refractivity contribution in [3.05, 3.63) is 95.3 Å². The third-order valence-corrected chi connectivity index (χ3v) is 5.62. The first-order valence-corrected chi connectivity index (χ1v) is 10.7. The van der Waals surface area contributed by atoms with Crippen LogP contribution >= 0.6 is 23.8 Å². The predicted octanol–water partition coefficient (Wildman–Crippen LogP) is 6.57. The number of thiocarbonyl (C=S) groups is 1. The molecule has 0 saturated heterocycles. The van der Waals surface area contributed by atoms with E-state index in [1.165, 1.54) is 6.07 Å². The van der Waals surface area contributed by atoms with Gasteiger partial charge >= 0.3 is 0 Å². The average Bonchev–Trinajstić information content (AvgIpc) is 3.22. The predicted molar refractivity (Wildman–Crippen MR) is 132 cm³/mol. The summed E-state index contributed by atoms with van der Waals surface area (Å²) < 4.78 is 19.7. The molecule has 8 heteroatoms. The van der Waals surface area contributed by atoms with Crippen LogP contribution < -0.4 is 10.6 Å². The van der Waals surface area contributed by atoms with Crippen molar-refractivity contribution in [3.63, 3.8) is 0 Å². The van der Waals surface area contributed by atoms with E-state index < -0.39 is 5.82 Å². The largest absolute Gasteiger partial charge is 0.436 e. The van der Waals surface area contributed by atoms with Gasteiger partial charge in [0.1, 0.15) is 11.3 Å². The highest BCUT2D eigenvalue weighted by Gasteiger charge is 2.15. The maximum absolute atomic E-state index is 14.1. The number of oxazole rings is 1. The molecule has 162 valence electrons. The molecule has 5 nitrogen and oxygen atoms in total. The number of carbonyl (C=O) groups is 1. The van der Waals surface area contributed by atoms with Gasteiger partial charge < -0.3 is 9.73 Å². The van der Waals surface area contributed by atoms with Gasteiger partial charge in [0, 0.05) is 21.7 Å². The van der Waals surface area contributed by atoms with Crippen molar-refractivity contribution in [2.75, 3.05) is 5.32 Å². The summed E-state index contributed by atoms with van der Waals surface area (Å²) in [6.45, 7) is 0. The molecule has 33 heavy (non-hydrogen) atoms. The van der Waals surface area contributed by atoms with Crippen molar-refractivity contribution in [3.8, 4) is 11.5 Å². The number of benzene rings is 4. The van der Waals surface area contributed by atoms with Gasteiger partial charge in [-0.2, -0.15) is 0 Å². The minimum Gasteiger partial charge on any atom is -0.436 e. The first kappa shape index (κ1) is 21.1. The van der Waals surface area contributed by atoms with Crippen molar-refractivity contribution < 1.29 is 13.6 Å². The molecule has 0 fully saturated rings. The first-order chi connectivity index (χ1) is 16.0. The van der Waals surface area contributed by atoms with Crippen molar-refractivity contribution in [1.29, 1.82) is 0 Å². The van der Waals surface area contributed by atoms with Crippen LogP contribution in [0.2, 0.25) is 5.02 Å². The lowest BCUT2D eigenvalue weighted by atomic mass is 10.0. The third kappa shape index (κ3) is 4.16. The molecule has 0 bridgehead atoms. The van der Waals surface area contributed by atoms with Gasteiger partial charge in [0.15, 0.2) is 10.7 Å². The van der Waals surface area contributed by atoms with E-state index in [0.29, 0.717) is 27.4 Å². The number of hydrogen-bond donors (Lipinski definition) is 2. The highest BCUT2D eigenvalue weighted by atomic mass is 35.5. The highest BCUT2D eigenvalue weighted by Crippen LogP contribution is 2.28. The van der Waals surface area contributed by atoms with Gasteiger partial charge in [0.05, 0.1) is 5.56 Å². The van der Waals surface area contributed by atoms with Gasteiger partial charge in [-0.3, -0.25) is 10.1 Å². The van der Waals surface area contributed by atoms with Crippen molar-refractivity contribution in [2.45, 2.75) is 0 Å². The second-order valence-electron chi connectivity index (χ2n) is 7.23. The summed E-state index contributed by atoms with van der Waals surface area (Å²) >= 11 is 11.6. The van der Waals surface area contributed by atoms with Crippen LogP contribution in [-0.2, 0) is 0 Å². The van der Waals surface area contributed by atoms with E-state index in [-0.39, 0.29) is 22.5 Å². The van der Waals surface area contributed by atoms with Gasteiger partial charge in [0.2, 0.25) is 5.89 Å². The Hall–Kier alpha value is -3.81. The van der Waals surface area contributed by atoms with Crippen LogP contribution in [0.25, 0.3) is 33.3 Å². The van der Waals surface area contributed by atoms with Crippen LogP contribution in [0.1, 0.15) is 10.4 Å². The second-order valence-corrected chi connectivity index (χ2v) is 8.05. The second kappa shape index (κ2) is 8.61. The quantitative estimate of drug-likeness (QED) is 0.289. The summed E-state index contributed by atoms with van der Waals surface area (Å²) in [6.07, 6.45) is 0. The zero-order valence-electron chi connectivity index (χ0n) is 16.9. The third-order valence-electron chi connectivity index (χ3n) is 5.09. The summed E-state index contributed by atoms with van der Waals surface area (Å²) in [5, 5.41) is 7.87. The molecular weight excluding hydrogens is 461 g/mol. The van der Waals surface area contributed by atoms with Crippen molar-refractivity contribution >= 4 is 62.4 Å². The molecule has 0 spiro atoms. The summed E-state index contributed by atoms with van der Waals surface area (Å²) in [5.41, 5.74) is 2.36. The van der Waals surface area contributed by atoms with E-state index in [4.69, 9.17) is 28.2 Å². The summed E-state index contributed by atoms with van der Waals surface area (Å²) in [5.74, 6) is -0.587. The minimum atomic E-state index is -0.416. The maximum Gasteiger partial charge on any atom is 0.258 e.